The van der Waals surface area contributed by atoms with E-state index in [0.29, 0.717) is 22.7 Å². The van der Waals surface area contributed by atoms with Gasteiger partial charge < -0.3 is 9.64 Å². The molecule has 0 radical (unpaired) electrons. The topological polar surface area (TPSA) is 29.5 Å². The number of halogens is 1. The molecule has 0 bridgehead atoms. The molecule has 4 heteroatoms. The van der Waals surface area contributed by atoms with Crippen LogP contribution >= 0.6 is 11.6 Å². The van der Waals surface area contributed by atoms with E-state index >= 15 is 0 Å². The van der Waals surface area contributed by atoms with Gasteiger partial charge in [-0.05, 0) is 50.0 Å². The molecule has 22 heavy (non-hydrogen) atoms. The highest BCUT2D eigenvalue weighted by atomic mass is 35.5. The third-order valence-corrected chi connectivity index (χ3v) is 4.43. The molecule has 1 fully saturated rings. The molecule has 0 aliphatic heterocycles. The lowest BCUT2D eigenvalue weighted by molar-refractivity contribution is -0.129. The van der Waals surface area contributed by atoms with Crippen LogP contribution in [0.25, 0.3) is 6.08 Å². The SMILES string of the molecule is COc1ccc(Cl)cc1C=CC(=O)N(C1CC1)C(C)C(C)C. The van der Waals surface area contributed by atoms with Crippen LogP contribution < -0.4 is 4.74 Å². The van der Waals surface area contributed by atoms with Crippen molar-refractivity contribution in [2.75, 3.05) is 7.11 Å². The molecular formula is C18H24ClNO2. The monoisotopic (exact) mass is 321 g/mol. The van der Waals surface area contributed by atoms with Gasteiger partial charge in [-0.15, -0.1) is 0 Å². The third kappa shape index (κ3) is 4.04. The van der Waals surface area contributed by atoms with Crippen molar-refractivity contribution < 1.29 is 9.53 Å². The Bertz CT molecular complexity index is 564. The van der Waals surface area contributed by atoms with Crippen molar-refractivity contribution in [3.05, 3.63) is 34.9 Å². The molecule has 120 valence electrons. The third-order valence-electron chi connectivity index (χ3n) is 4.20. The van der Waals surface area contributed by atoms with E-state index in [0.717, 1.165) is 18.4 Å². The van der Waals surface area contributed by atoms with Crippen LogP contribution in [0.2, 0.25) is 5.02 Å². The van der Waals surface area contributed by atoms with Gasteiger partial charge >= 0.3 is 0 Å². The lowest BCUT2D eigenvalue weighted by Crippen LogP contribution is -2.42. The summed E-state index contributed by atoms with van der Waals surface area (Å²) in [7, 11) is 1.61. The van der Waals surface area contributed by atoms with Crippen molar-refractivity contribution in [3.63, 3.8) is 0 Å². The quantitative estimate of drug-likeness (QED) is 0.727. The van der Waals surface area contributed by atoms with Gasteiger partial charge in [-0.1, -0.05) is 25.4 Å². The maximum Gasteiger partial charge on any atom is 0.247 e. The number of nitrogens with zero attached hydrogens (tertiary/aromatic N) is 1. The second kappa shape index (κ2) is 7.19. The molecule has 3 nitrogen and oxygen atoms in total. The summed E-state index contributed by atoms with van der Waals surface area (Å²) < 4.78 is 5.30. The molecule has 0 N–H and O–H groups in total. The first kappa shape index (κ1) is 16.9. The van der Waals surface area contributed by atoms with Gasteiger partial charge in [0, 0.05) is 28.7 Å². The highest BCUT2D eigenvalue weighted by Crippen LogP contribution is 2.31. The fourth-order valence-corrected chi connectivity index (χ4v) is 2.65. The van der Waals surface area contributed by atoms with Crippen LogP contribution in [-0.4, -0.2) is 30.0 Å². The zero-order valence-electron chi connectivity index (χ0n) is 13.7. The van der Waals surface area contributed by atoms with E-state index in [-0.39, 0.29) is 11.9 Å². The van der Waals surface area contributed by atoms with Gasteiger partial charge in [-0.25, -0.2) is 0 Å². The molecule has 1 saturated carbocycles. The molecule has 1 aliphatic carbocycles. The van der Waals surface area contributed by atoms with Gasteiger partial charge in [0.25, 0.3) is 0 Å². The molecule has 0 saturated heterocycles. The fourth-order valence-electron chi connectivity index (χ4n) is 2.47. The molecule has 1 unspecified atom stereocenters. The number of carbonyl (C=O) groups excluding carboxylic acids is 1. The Balaban J connectivity index is 2.17. The molecule has 1 aromatic rings. The molecule has 0 spiro atoms. The van der Waals surface area contributed by atoms with Crippen LogP contribution in [0.3, 0.4) is 0 Å². The molecule has 1 aliphatic rings. The normalized spacial score (nSPS) is 16.1. The van der Waals surface area contributed by atoms with Gasteiger partial charge in [-0.3, -0.25) is 4.79 Å². The number of methoxy groups -OCH3 is 1. The molecule has 1 aromatic carbocycles. The fraction of sp³-hybridized carbons (Fsp3) is 0.500. The number of amides is 1. The molecule has 0 aromatic heterocycles. The minimum atomic E-state index is 0.0609. The largest absolute Gasteiger partial charge is 0.496 e. The standard InChI is InChI=1S/C18H24ClNO2/c1-12(2)13(3)20(16-7-8-16)18(21)10-5-14-11-15(19)6-9-17(14)22-4/h5-6,9-13,16H,7-8H2,1-4H3. The zero-order chi connectivity index (χ0) is 16.3. The van der Waals surface area contributed by atoms with Crippen molar-refractivity contribution in [3.8, 4) is 5.75 Å². The highest BCUT2D eigenvalue weighted by molar-refractivity contribution is 6.30. The summed E-state index contributed by atoms with van der Waals surface area (Å²) in [6.45, 7) is 6.42. The minimum absolute atomic E-state index is 0.0609. The van der Waals surface area contributed by atoms with Gasteiger partial charge in [-0.2, -0.15) is 0 Å². The first-order valence-corrected chi connectivity index (χ1v) is 8.15. The van der Waals surface area contributed by atoms with Gasteiger partial charge in [0.2, 0.25) is 5.91 Å². The molecule has 0 heterocycles. The number of rotatable bonds is 6. The van der Waals surface area contributed by atoms with E-state index < -0.39 is 0 Å². The lowest BCUT2D eigenvalue weighted by Gasteiger charge is -2.31. The maximum atomic E-state index is 12.6. The van der Waals surface area contributed by atoms with Crippen molar-refractivity contribution >= 4 is 23.6 Å². The number of hydrogen-bond donors (Lipinski definition) is 0. The van der Waals surface area contributed by atoms with Gasteiger partial charge in [0.1, 0.15) is 5.75 Å². The second-order valence-electron chi connectivity index (χ2n) is 6.18. The van der Waals surface area contributed by atoms with E-state index in [1.54, 1.807) is 31.4 Å². The van der Waals surface area contributed by atoms with Crippen molar-refractivity contribution in [1.82, 2.24) is 4.90 Å². The average molecular weight is 322 g/mol. The Morgan fingerprint density at radius 1 is 1.36 bits per heavy atom. The van der Waals surface area contributed by atoms with E-state index in [4.69, 9.17) is 16.3 Å². The summed E-state index contributed by atoms with van der Waals surface area (Å²) in [5, 5.41) is 0.627. The molecule has 1 amide bonds. The Labute approximate surface area is 137 Å². The minimum Gasteiger partial charge on any atom is -0.496 e. The van der Waals surface area contributed by atoms with Crippen LogP contribution in [0.1, 0.15) is 39.2 Å². The van der Waals surface area contributed by atoms with Crippen LogP contribution in [-0.2, 0) is 4.79 Å². The van der Waals surface area contributed by atoms with E-state index in [2.05, 4.69) is 20.8 Å². The number of ether oxygens (including phenoxy) is 1. The van der Waals surface area contributed by atoms with Crippen LogP contribution in [0.5, 0.6) is 5.75 Å². The summed E-state index contributed by atoms with van der Waals surface area (Å²) >= 11 is 6.02. The summed E-state index contributed by atoms with van der Waals surface area (Å²) in [5.74, 6) is 1.22. The molecule has 1 atom stereocenters. The van der Waals surface area contributed by atoms with Crippen molar-refractivity contribution in [1.29, 1.82) is 0 Å². The van der Waals surface area contributed by atoms with E-state index in [1.165, 1.54) is 0 Å². The predicted octanol–water partition coefficient (Wildman–Crippen LogP) is 4.40. The Morgan fingerprint density at radius 2 is 2.05 bits per heavy atom. The molecule has 2 rings (SSSR count). The number of benzene rings is 1. The number of hydrogen-bond acceptors (Lipinski definition) is 2. The maximum absolute atomic E-state index is 12.6. The molecular weight excluding hydrogens is 298 g/mol. The van der Waals surface area contributed by atoms with Crippen molar-refractivity contribution in [2.24, 2.45) is 5.92 Å². The van der Waals surface area contributed by atoms with Crippen LogP contribution in [0.4, 0.5) is 0 Å². The average Bonchev–Trinajstić information content (AvgIpc) is 3.30. The summed E-state index contributed by atoms with van der Waals surface area (Å²) in [5.41, 5.74) is 0.816. The smallest absolute Gasteiger partial charge is 0.247 e. The van der Waals surface area contributed by atoms with E-state index in [9.17, 15) is 4.79 Å². The predicted molar refractivity (Wildman–Crippen MR) is 91.2 cm³/mol. The highest BCUT2D eigenvalue weighted by Gasteiger charge is 2.35. The summed E-state index contributed by atoms with van der Waals surface area (Å²) in [6.07, 6.45) is 5.63. The zero-order valence-corrected chi connectivity index (χ0v) is 14.4. The Kier molecular flexibility index (Phi) is 5.52. The Hall–Kier alpha value is -1.48. The summed E-state index contributed by atoms with van der Waals surface area (Å²) in [6, 6.07) is 6.03. The summed E-state index contributed by atoms with van der Waals surface area (Å²) in [4.78, 5) is 14.6. The van der Waals surface area contributed by atoms with Crippen LogP contribution in [0, 0.1) is 5.92 Å². The van der Waals surface area contributed by atoms with Gasteiger partial charge in [0.15, 0.2) is 0 Å². The number of carbonyl (C=O) groups is 1. The van der Waals surface area contributed by atoms with Crippen molar-refractivity contribution in [2.45, 2.75) is 45.7 Å². The van der Waals surface area contributed by atoms with E-state index in [1.807, 2.05) is 11.0 Å². The lowest BCUT2D eigenvalue weighted by atomic mass is 10.0. The van der Waals surface area contributed by atoms with Gasteiger partial charge in [0.05, 0.1) is 7.11 Å². The first-order chi connectivity index (χ1) is 10.4. The Morgan fingerprint density at radius 3 is 2.59 bits per heavy atom. The second-order valence-corrected chi connectivity index (χ2v) is 6.62. The first-order valence-electron chi connectivity index (χ1n) is 7.78. The van der Waals surface area contributed by atoms with Crippen LogP contribution in [0.15, 0.2) is 24.3 Å².